The van der Waals surface area contributed by atoms with Crippen molar-refractivity contribution >= 4 is 18.3 Å². The van der Waals surface area contributed by atoms with Gasteiger partial charge in [0, 0.05) is 19.6 Å². The average molecular weight is 277 g/mol. The van der Waals surface area contributed by atoms with Gasteiger partial charge < -0.3 is 15.4 Å². The van der Waals surface area contributed by atoms with Crippen LogP contribution in [0.15, 0.2) is 0 Å². The Morgan fingerprint density at radius 2 is 2.17 bits per heavy atom. The van der Waals surface area contributed by atoms with Gasteiger partial charge in [-0.25, -0.2) is 0 Å². The van der Waals surface area contributed by atoms with Gasteiger partial charge in [0.05, 0.1) is 6.61 Å². The highest BCUT2D eigenvalue weighted by Gasteiger charge is 2.33. The van der Waals surface area contributed by atoms with E-state index in [1.807, 2.05) is 0 Å². The van der Waals surface area contributed by atoms with Crippen molar-refractivity contribution in [2.45, 2.75) is 45.1 Å². The number of morpholine rings is 1. The lowest BCUT2D eigenvalue weighted by Crippen LogP contribution is -2.49. The lowest BCUT2D eigenvalue weighted by molar-refractivity contribution is -0.134. The number of halogens is 1. The lowest BCUT2D eigenvalue weighted by atomic mass is 9.83. The quantitative estimate of drug-likeness (QED) is 0.818. The third kappa shape index (κ3) is 3.84. The fourth-order valence-electron chi connectivity index (χ4n) is 2.90. The highest BCUT2D eigenvalue weighted by molar-refractivity contribution is 5.85. The molecule has 106 valence electrons. The molecule has 0 bridgehead atoms. The number of rotatable bonds is 4. The topological polar surface area (TPSA) is 50.4 Å². The summed E-state index contributed by atoms with van der Waals surface area (Å²) in [5.41, 5.74) is 0.359. The number of nitrogens with one attached hydrogen (secondary N) is 2. The molecule has 1 unspecified atom stereocenters. The second-order valence-electron chi connectivity index (χ2n) is 5.34. The second kappa shape index (κ2) is 7.31. The van der Waals surface area contributed by atoms with Crippen LogP contribution in [0.4, 0.5) is 0 Å². The van der Waals surface area contributed by atoms with Crippen molar-refractivity contribution in [1.29, 1.82) is 0 Å². The van der Waals surface area contributed by atoms with Crippen LogP contribution < -0.4 is 10.6 Å². The zero-order chi connectivity index (χ0) is 12.1. The van der Waals surface area contributed by atoms with Gasteiger partial charge in [-0.15, -0.1) is 12.4 Å². The third-order valence-electron chi connectivity index (χ3n) is 4.27. The maximum Gasteiger partial charge on any atom is 0.250 e. The normalized spacial score (nSPS) is 26.4. The number of ether oxygens (including phenoxy) is 1. The standard InChI is InChI=1S/C13H24N2O2.ClH/c1-2-13(5-3-4-6-13)10-15-12(16)11-9-14-7-8-17-11;/h11,14H,2-10H2,1H3,(H,15,16);1H. The van der Waals surface area contributed by atoms with Crippen LogP contribution in [0.2, 0.25) is 0 Å². The molecule has 0 radical (unpaired) electrons. The highest BCUT2D eigenvalue weighted by atomic mass is 35.5. The van der Waals surface area contributed by atoms with E-state index < -0.39 is 0 Å². The molecule has 18 heavy (non-hydrogen) atoms. The van der Waals surface area contributed by atoms with Crippen LogP contribution in [0, 0.1) is 5.41 Å². The van der Waals surface area contributed by atoms with E-state index >= 15 is 0 Å². The van der Waals surface area contributed by atoms with Gasteiger partial charge >= 0.3 is 0 Å². The summed E-state index contributed by atoms with van der Waals surface area (Å²) < 4.78 is 5.45. The van der Waals surface area contributed by atoms with Crippen LogP contribution in [-0.2, 0) is 9.53 Å². The molecule has 0 spiro atoms. The minimum atomic E-state index is -0.293. The van der Waals surface area contributed by atoms with Gasteiger partial charge in [0.25, 0.3) is 0 Å². The van der Waals surface area contributed by atoms with Crippen LogP contribution in [0.1, 0.15) is 39.0 Å². The Bertz CT molecular complexity index is 262. The molecule has 1 aliphatic carbocycles. The molecule has 1 aliphatic heterocycles. The van der Waals surface area contributed by atoms with Crippen molar-refractivity contribution in [1.82, 2.24) is 10.6 Å². The van der Waals surface area contributed by atoms with Crippen molar-refractivity contribution in [2.75, 3.05) is 26.2 Å². The zero-order valence-electron chi connectivity index (χ0n) is 11.2. The number of carbonyl (C=O) groups is 1. The van der Waals surface area contributed by atoms with Crippen molar-refractivity contribution in [3.63, 3.8) is 0 Å². The Balaban J connectivity index is 0.00000162. The Labute approximate surface area is 116 Å². The van der Waals surface area contributed by atoms with Gasteiger partial charge in [-0.3, -0.25) is 4.79 Å². The van der Waals surface area contributed by atoms with Gasteiger partial charge in [0.1, 0.15) is 6.10 Å². The Hall–Kier alpha value is -0.320. The molecule has 1 amide bonds. The second-order valence-corrected chi connectivity index (χ2v) is 5.34. The number of carbonyl (C=O) groups excluding carboxylic acids is 1. The Kier molecular flexibility index (Phi) is 6.39. The summed E-state index contributed by atoms with van der Waals surface area (Å²) in [7, 11) is 0. The fourth-order valence-corrected chi connectivity index (χ4v) is 2.90. The maximum atomic E-state index is 11.9. The average Bonchev–Trinajstić information content (AvgIpc) is 2.86. The predicted octanol–water partition coefficient (Wildman–Crippen LogP) is 1.48. The van der Waals surface area contributed by atoms with E-state index in [2.05, 4.69) is 17.6 Å². The minimum Gasteiger partial charge on any atom is -0.366 e. The molecule has 2 rings (SSSR count). The summed E-state index contributed by atoms with van der Waals surface area (Å²) in [6.45, 7) is 5.18. The van der Waals surface area contributed by atoms with E-state index in [1.54, 1.807) is 0 Å². The summed E-state index contributed by atoms with van der Waals surface area (Å²) >= 11 is 0. The smallest absolute Gasteiger partial charge is 0.250 e. The molecule has 1 saturated carbocycles. The third-order valence-corrected chi connectivity index (χ3v) is 4.27. The largest absolute Gasteiger partial charge is 0.366 e. The Morgan fingerprint density at radius 3 is 2.72 bits per heavy atom. The van der Waals surface area contributed by atoms with Crippen LogP contribution in [-0.4, -0.2) is 38.3 Å². The molecule has 2 N–H and O–H groups in total. The highest BCUT2D eigenvalue weighted by Crippen LogP contribution is 2.40. The van der Waals surface area contributed by atoms with E-state index in [4.69, 9.17) is 4.74 Å². The van der Waals surface area contributed by atoms with Gasteiger partial charge in [-0.05, 0) is 24.7 Å². The van der Waals surface area contributed by atoms with Gasteiger partial charge in [-0.1, -0.05) is 19.8 Å². The number of hydrogen-bond donors (Lipinski definition) is 2. The molecule has 0 aromatic carbocycles. The SMILES string of the molecule is CCC1(CNC(=O)C2CNCCO2)CCCC1.Cl. The van der Waals surface area contributed by atoms with Crippen molar-refractivity contribution < 1.29 is 9.53 Å². The van der Waals surface area contributed by atoms with Crippen molar-refractivity contribution in [3.05, 3.63) is 0 Å². The molecule has 1 saturated heterocycles. The summed E-state index contributed by atoms with van der Waals surface area (Å²) in [6, 6.07) is 0. The van der Waals surface area contributed by atoms with Crippen molar-refractivity contribution in [2.24, 2.45) is 5.41 Å². The van der Waals surface area contributed by atoms with Crippen LogP contribution >= 0.6 is 12.4 Å². The van der Waals surface area contributed by atoms with Gasteiger partial charge in [0.15, 0.2) is 0 Å². The zero-order valence-corrected chi connectivity index (χ0v) is 12.0. The van der Waals surface area contributed by atoms with E-state index in [0.29, 0.717) is 18.6 Å². The first-order chi connectivity index (χ1) is 8.26. The maximum absolute atomic E-state index is 11.9. The summed E-state index contributed by atoms with van der Waals surface area (Å²) in [5.74, 6) is 0.0527. The van der Waals surface area contributed by atoms with Crippen LogP contribution in [0.5, 0.6) is 0 Å². The first-order valence-corrected chi connectivity index (χ1v) is 6.86. The van der Waals surface area contributed by atoms with Gasteiger partial charge in [-0.2, -0.15) is 0 Å². The fraction of sp³-hybridized carbons (Fsp3) is 0.923. The summed E-state index contributed by atoms with van der Waals surface area (Å²) in [6.07, 6.45) is 6.01. The molecule has 1 heterocycles. The molecular weight excluding hydrogens is 252 g/mol. The molecule has 2 fully saturated rings. The lowest BCUT2D eigenvalue weighted by Gasteiger charge is -2.29. The molecular formula is C13H25ClN2O2. The van der Waals surface area contributed by atoms with Crippen molar-refractivity contribution in [3.8, 4) is 0 Å². The number of hydrogen-bond acceptors (Lipinski definition) is 3. The summed E-state index contributed by atoms with van der Waals surface area (Å²) in [5, 5.41) is 6.26. The molecule has 2 aliphatic rings. The Morgan fingerprint density at radius 1 is 1.44 bits per heavy atom. The predicted molar refractivity (Wildman–Crippen MR) is 74.1 cm³/mol. The van der Waals surface area contributed by atoms with E-state index in [1.165, 1.54) is 25.7 Å². The summed E-state index contributed by atoms with van der Waals surface area (Å²) in [4.78, 5) is 11.9. The van der Waals surface area contributed by atoms with E-state index in [-0.39, 0.29) is 24.4 Å². The monoisotopic (exact) mass is 276 g/mol. The van der Waals surface area contributed by atoms with E-state index in [9.17, 15) is 4.79 Å². The molecule has 0 aromatic rings. The van der Waals surface area contributed by atoms with Crippen LogP contribution in [0.3, 0.4) is 0 Å². The van der Waals surface area contributed by atoms with Gasteiger partial charge in [0.2, 0.25) is 5.91 Å². The molecule has 4 nitrogen and oxygen atoms in total. The van der Waals surface area contributed by atoms with Crippen LogP contribution in [0.25, 0.3) is 0 Å². The number of amides is 1. The first kappa shape index (κ1) is 15.7. The first-order valence-electron chi connectivity index (χ1n) is 6.86. The molecule has 1 atom stereocenters. The van der Waals surface area contributed by atoms with E-state index in [0.717, 1.165) is 19.5 Å². The molecule has 5 heteroatoms. The minimum absolute atomic E-state index is 0. The molecule has 0 aromatic heterocycles.